The Balaban J connectivity index is 1.59. The molecule has 4 rings (SSSR count). The van der Waals surface area contributed by atoms with Crippen molar-refractivity contribution in [3.05, 3.63) is 59.4 Å². The number of nitrogens with two attached hydrogens (primary N) is 1. The van der Waals surface area contributed by atoms with E-state index in [2.05, 4.69) is 0 Å². The van der Waals surface area contributed by atoms with Gasteiger partial charge in [0.25, 0.3) is 0 Å². The summed E-state index contributed by atoms with van der Waals surface area (Å²) in [6.07, 6.45) is 0. The zero-order valence-electron chi connectivity index (χ0n) is 12.2. The van der Waals surface area contributed by atoms with Gasteiger partial charge in [0.05, 0.1) is 6.04 Å². The number of carbonyl (C=O) groups excluding carboxylic acids is 1. The van der Waals surface area contributed by atoms with Gasteiger partial charge in [-0.1, -0.05) is 18.2 Å². The second-order valence-electron chi connectivity index (χ2n) is 5.68. The van der Waals surface area contributed by atoms with Crippen LogP contribution in [0.2, 0.25) is 0 Å². The first kappa shape index (κ1) is 14.0. The summed E-state index contributed by atoms with van der Waals surface area (Å²) in [7, 11) is 0. The van der Waals surface area contributed by atoms with Crippen LogP contribution in [0.4, 0.5) is 4.39 Å². The fraction of sp³-hybridized carbons (Fsp3) is 0.235. The minimum absolute atomic E-state index is 0.114. The molecule has 23 heavy (non-hydrogen) atoms. The highest BCUT2D eigenvalue weighted by Crippen LogP contribution is 2.40. The molecule has 1 saturated heterocycles. The van der Waals surface area contributed by atoms with Crippen LogP contribution < -0.4 is 15.2 Å². The number of likely N-dealkylation sites (tertiary alicyclic amines) is 1. The monoisotopic (exact) mass is 314 g/mol. The molecule has 2 aliphatic rings. The van der Waals surface area contributed by atoms with Gasteiger partial charge in [0.15, 0.2) is 11.5 Å². The van der Waals surface area contributed by atoms with Crippen LogP contribution in [0.15, 0.2) is 42.5 Å². The average molecular weight is 314 g/mol. The van der Waals surface area contributed by atoms with E-state index in [1.54, 1.807) is 17.0 Å². The predicted molar refractivity (Wildman–Crippen MR) is 80.2 cm³/mol. The van der Waals surface area contributed by atoms with Gasteiger partial charge in [0.1, 0.15) is 11.9 Å². The average Bonchev–Trinajstić information content (AvgIpc) is 3.03. The maximum atomic E-state index is 13.0. The number of fused-ring (bicyclic) bond motifs is 1. The maximum absolute atomic E-state index is 13.0. The molecule has 0 aromatic heterocycles. The summed E-state index contributed by atoms with van der Waals surface area (Å²) in [6, 6.07) is 10.9. The number of rotatable bonds is 3. The standard InChI is InChI=1S/C17H15FN2O3/c18-12-4-1-10(2-5-12)8-20-16(15(19)17(20)21)11-3-6-13-14(7-11)23-9-22-13/h1-7,15-16H,8-9,19H2/t15-,16+/m0/s1. The Kier molecular flexibility index (Phi) is 3.20. The summed E-state index contributed by atoms with van der Waals surface area (Å²) in [5.74, 6) is 0.943. The van der Waals surface area contributed by atoms with Gasteiger partial charge in [-0.05, 0) is 35.4 Å². The molecule has 6 heteroatoms. The molecule has 2 aromatic carbocycles. The first-order chi connectivity index (χ1) is 11.1. The third kappa shape index (κ3) is 2.31. The van der Waals surface area contributed by atoms with Gasteiger partial charge in [-0.3, -0.25) is 4.79 Å². The summed E-state index contributed by atoms with van der Waals surface area (Å²) in [4.78, 5) is 13.8. The van der Waals surface area contributed by atoms with Gasteiger partial charge in [0.2, 0.25) is 12.7 Å². The van der Waals surface area contributed by atoms with Crippen molar-refractivity contribution in [2.75, 3.05) is 6.79 Å². The topological polar surface area (TPSA) is 64.8 Å². The van der Waals surface area contributed by atoms with Crippen LogP contribution in [-0.2, 0) is 11.3 Å². The molecule has 1 amide bonds. The first-order valence-electron chi connectivity index (χ1n) is 7.33. The van der Waals surface area contributed by atoms with E-state index in [1.165, 1.54) is 12.1 Å². The lowest BCUT2D eigenvalue weighted by atomic mass is 9.88. The molecule has 0 saturated carbocycles. The number of carbonyl (C=O) groups is 1. The fourth-order valence-electron chi connectivity index (χ4n) is 3.02. The number of benzene rings is 2. The van der Waals surface area contributed by atoms with Crippen molar-refractivity contribution in [1.29, 1.82) is 0 Å². The predicted octanol–water partition coefficient (Wildman–Crippen LogP) is 1.97. The molecule has 118 valence electrons. The van der Waals surface area contributed by atoms with Gasteiger partial charge < -0.3 is 20.1 Å². The minimum Gasteiger partial charge on any atom is -0.454 e. The summed E-state index contributed by atoms with van der Waals surface area (Å²) >= 11 is 0. The van der Waals surface area contributed by atoms with Crippen molar-refractivity contribution >= 4 is 5.91 Å². The molecule has 2 atom stereocenters. The molecule has 0 spiro atoms. The second kappa shape index (κ2) is 5.24. The van der Waals surface area contributed by atoms with Crippen molar-refractivity contribution in [1.82, 2.24) is 4.90 Å². The van der Waals surface area contributed by atoms with Gasteiger partial charge in [0, 0.05) is 6.54 Å². The number of β-lactam (4-membered cyclic amide) rings is 1. The van der Waals surface area contributed by atoms with Gasteiger partial charge in [-0.25, -0.2) is 4.39 Å². The van der Waals surface area contributed by atoms with Gasteiger partial charge in [-0.2, -0.15) is 0 Å². The highest BCUT2D eigenvalue weighted by Gasteiger charge is 2.45. The molecule has 2 aliphatic heterocycles. The highest BCUT2D eigenvalue weighted by atomic mass is 19.1. The Morgan fingerprint density at radius 3 is 2.65 bits per heavy atom. The van der Waals surface area contributed by atoms with E-state index in [0.29, 0.717) is 18.0 Å². The summed E-state index contributed by atoms with van der Waals surface area (Å²) < 4.78 is 23.7. The smallest absolute Gasteiger partial charge is 0.242 e. The summed E-state index contributed by atoms with van der Waals surface area (Å²) in [5.41, 5.74) is 7.75. The molecule has 1 fully saturated rings. The molecule has 2 heterocycles. The van der Waals surface area contributed by atoms with Crippen molar-refractivity contribution in [2.45, 2.75) is 18.6 Å². The summed E-state index contributed by atoms with van der Waals surface area (Å²) in [5, 5.41) is 0. The van der Waals surface area contributed by atoms with E-state index in [-0.39, 0.29) is 24.6 Å². The van der Waals surface area contributed by atoms with E-state index in [1.807, 2.05) is 18.2 Å². The Morgan fingerprint density at radius 2 is 1.87 bits per heavy atom. The molecule has 2 N–H and O–H groups in total. The number of amides is 1. The summed E-state index contributed by atoms with van der Waals surface area (Å²) in [6.45, 7) is 0.597. The third-order valence-corrected chi connectivity index (χ3v) is 4.25. The van der Waals surface area contributed by atoms with Crippen molar-refractivity contribution in [2.24, 2.45) is 5.73 Å². The molecule has 2 aromatic rings. The van der Waals surface area contributed by atoms with Crippen LogP contribution in [0, 0.1) is 5.82 Å². The Bertz CT molecular complexity index is 763. The largest absolute Gasteiger partial charge is 0.454 e. The van der Waals surface area contributed by atoms with Crippen molar-refractivity contribution in [3.8, 4) is 11.5 Å². The Hall–Kier alpha value is -2.60. The van der Waals surface area contributed by atoms with Crippen LogP contribution in [0.5, 0.6) is 11.5 Å². The van der Waals surface area contributed by atoms with Crippen LogP contribution in [0.3, 0.4) is 0 Å². The zero-order valence-corrected chi connectivity index (χ0v) is 12.2. The molecular formula is C17H15FN2O3. The lowest BCUT2D eigenvalue weighted by Gasteiger charge is -2.45. The Labute approximate surface area is 132 Å². The van der Waals surface area contributed by atoms with Gasteiger partial charge in [-0.15, -0.1) is 0 Å². The lowest BCUT2D eigenvalue weighted by Crippen LogP contribution is -2.62. The lowest BCUT2D eigenvalue weighted by molar-refractivity contribution is -0.150. The fourth-order valence-corrected chi connectivity index (χ4v) is 3.02. The molecule has 0 radical (unpaired) electrons. The quantitative estimate of drug-likeness (QED) is 0.880. The molecular weight excluding hydrogens is 299 g/mol. The number of ether oxygens (including phenoxy) is 2. The van der Waals surface area contributed by atoms with E-state index in [0.717, 1.165) is 11.1 Å². The molecule has 0 unspecified atom stereocenters. The normalized spacial score (nSPS) is 22.2. The van der Waals surface area contributed by atoms with Gasteiger partial charge >= 0.3 is 0 Å². The van der Waals surface area contributed by atoms with Crippen LogP contribution >= 0.6 is 0 Å². The number of halogens is 1. The van der Waals surface area contributed by atoms with Crippen LogP contribution in [0.25, 0.3) is 0 Å². The SMILES string of the molecule is N[C@@H]1C(=O)N(Cc2ccc(F)cc2)[C@@H]1c1ccc2c(c1)OCO2. The molecule has 5 nitrogen and oxygen atoms in total. The molecule has 0 bridgehead atoms. The van der Waals surface area contributed by atoms with Crippen molar-refractivity contribution < 1.29 is 18.7 Å². The highest BCUT2D eigenvalue weighted by molar-refractivity contribution is 5.89. The number of hydrogen-bond donors (Lipinski definition) is 1. The maximum Gasteiger partial charge on any atom is 0.242 e. The van der Waals surface area contributed by atoms with E-state index in [4.69, 9.17) is 15.2 Å². The second-order valence-corrected chi connectivity index (χ2v) is 5.68. The number of nitrogens with zero attached hydrogens (tertiary/aromatic N) is 1. The van der Waals surface area contributed by atoms with E-state index >= 15 is 0 Å². The Morgan fingerprint density at radius 1 is 1.13 bits per heavy atom. The minimum atomic E-state index is -0.573. The molecule has 0 aliphatic carbocycles. The van der Waals surface area contributed by atoms with E-state index in [9.17, 15) is 9.18 Å². The number of hydrogen-bond acceptors (Lipinski definition) is 4. The van der Waals surface area contributed by atoms with Crippen LogP contribution in [-0.4, -0.2) is 23.6 Å². The van der Waals surface area contributed by atoms with E-state index < -0.39 is 6.04 Å². The zero-order chi connectivity index (χ0) is 16.0. The third-order valence-electron chi connectivity index (χ3n) is 4.25. The van der Waals surface area contributed by atoms with Crippen LogP contribution in [0.1, 0.15) is 17.2 Å². The first-order valence-corrected chi connectivity index (χ1v) is 7.33. The van der Waals surface area contributed by atoms with Crippen molar-refractivity contribution in [3.63, 3.8) is 0 Å².